The molecule has 0 radical (unpaired) electrons. The maximum Gasteiger partial charge on any atom is 0.343 e. The summed E-state index contributed by atoms with van der Waals surface area (Å²) >= 11 is 1.22. The highest BCUT2D eigenvalue weighted by Gasteiger charge is 2.18. The summed E-state index contributed by atoms with van der Waals surface area (Å²) < 4.78 is 1.55. The van der Waals surface area contributed by atoms with Crippen molar-refractivity contribution in [3.8, 4) is 6.07 Å². The fraction of sp³-hybridized carbons (Fsp3) is 0.273. The third-order valence-corrected chi connectivity index (χ3v) is 5.57. The van der Waals surface area contributed by atoms with Gasteiger partial charge in [-0.3, -0.25) is 9.36 Å². The van der Waals surface area contributed by atoms with E-state index in [9.17, 15) is 9.59 Å². The Balaban J connectivity index is 1.67. The van der Waals surface area contributed by atoms with Crippen LogP contribution in [0.5, 0.6) is 0 Å². The average molecular weight is 422 g/mol. The van der Waals surface area contributed by atoms with Crippen molar-refractivity contribution < 1.29 is 4.79 Å². The molecule has 154 valence electrons. The van der Waals surface area contributed by atoms with Crippen LogP contribution < -0.4 is 10.6 Å². The van der Waals surface area contributed by atoms with Gasteiger partial charge < -0.3 is 4.90 Å². The maximum absolute atomic E-state index is 12.9. The van der Waals surface area contributed by atoms with Crippen LogP contribution in [-0.2, 0) is 17.8 Å². The van der Waals surface area contributed by atoms with Gasteiger partial charge in [-0.2, -0.15) is 5.26 Å². The first-order valence-electron chi connectivity index (χ1n) is 9.64. The second kappa shape index (κ2) is 10.5. The van der Waals surface area contributed by atoms with Gasteiger partial charge in [0.15, 0.2) is 5.16 Å². The summed E-state index contributed by atoms with van der Waals surface area (Å²) in [6, 6.07) is 19.6. The minimum atomic E-state index is -0.291. The Labute approximate surface area is 179 Å². The molecule has 0 aliphatic rings. The molecule has 7 nitrogen and oxygen atoms in total. The first-order chi connectivity index (χ1) is 14.6. The fourth-order valence-corrected chi connectivity index (χ4v) is 3.83. The molecule has 0 aliphatic carbocycles. The van der Waals surface area contributed by atoms with E-state index in [0.29, 0.717) is 24.7 Å². The SMILES string of the molecule is Cc1ccc(N(CCC#N)C(=O)CSc2n[nH]c(=O)n2CCc2ccccc2)cc1. The van der Waals surface area contributed by atoms with E-state index in [1.807, 2.05) is 61.5 Å². The predicted molar refractivity (Wildman–Crippen MR) is 117 cm³/mol. The van der Waals surface area contributed by atoms with Crippen LogP contribution in [0.4, 0.5) is 5.69 Å². The predicted octanol–water partition coefficient (Wildman–Crippen LogP) is 3.16. The number of carbonyl (C=O) groups is 1. The molecule has 1 amide bonds. The quantitative estimate of drug-likeness (QED) is 0.536. The summed E-state index contributed by atoms with van der Waals surface area (Å²) in [5.74, 6) is -0.0151. The molecule has 1 N–H and O–H groups in total. The second-order valence-corrected chi connectivity index (χ2v) is 7.72. The van der Waals surface area contributed by atoms with Crippen LogP contribution in [0, 0.1) is 18.3 Å². The standard InChI is InChI=1S/C22H23N5O2S/c1-17-8-10-19(11-9-17)26(14-5-13-23)20(28)16-30-22-25-24-21(29)27(22)15-12-18-6-3-2-4-7-18/h2-4,6-11H,5,12,14-16H2,1H3,(H,24,29). The molecule has 1 aromatic heterocycles. The molecule has 0 saturated carbocycles. The molecule has 0 spiro atoms. The number of aryl methyl sites for hydroxylation is 2. The molecule has 2 aromatic carbocycles. The summed E-state index contributed by atoms with van der Waals surface area (Å²) in [5, 5.41) is 16.0. The lowest BCUT2D eigenvalue weighted by atomic mass is 10.1. The summed E-state index contributed by atoms with van der Waals surface area (Å²) in [7, 11) is 0. The smallest absolute Gasteiger partial charge is 0.311 e. The number of carbonyl (C=O) groups excluding carboxylic acids is 1. The van der Waals surface area contributed by atoms with E-state index in [0.717, 1.165) is 16.8 Å². The molecular weight excluding hydrogens is 398 g/mol. The Kier molecular flexibility index (Phi) is 7.46. The molecule has 1 heterocycles. The van der Waals surface area contributed by atoms with Crippen molar-refractivity contribution in [2.24, 2.45) is 0 Å². The van der Waals surface area contributed by atoms with E-state index in [4.69, 9.17) is 5.26 Å². The van der Waals surface area contributed by atoms with Gasteiger partial charge in [0.1, 0.15) is 0 Å². The molecule has 3 rings (SSSR count). The van der Waals surface area contributed by atoms with Crippen LogP contribution in [0.2, 0.25) is 0 Å². The zero-order valence-corrected chi connectivity index (χ0v) is 17.6. The molecule has 3 aromatic rings. The number of thioether (sulfide) groups is 1. The number of benzene rings is 2. The Bertz CT molecular complexity index is 1070. The number of nitriles is 1. The van der Waals surface area contributed by atoms with Crippen LogP contribution in [0.3, 0.4) is 0 Å². The lowest BCUT2D eigenvalue weighted by Crippen LogP contribution is -2.33. The van der Waals surface area contributed by atoms with Gasteiger partial charge in [0.2, 0.25) is 5.91 Å². The Morgan fingerprint density at radius 3 is 2.63 bits per heavy atom. The molecule has 8 heteroatoms. The van der Waals surface area contributed by atoms with Crippen molar-refractivity contribution in [3.63, 3.8) is 0 Å². The van der Waals surface area contributed by atoms with Gasteiger partial charge in [0.05, 0.1) is 18.2 Å². The zero-order valence-electron chi connectivity index (χ0n) is 16.7. The minimum Gasteiger partial charge on any atom is -0.311 e. The monoisotopic (exact) mass is 421 g/mol. The number of hydrogen-bond acceptors (Lipinski definition) is 5. The van der Waals surface area contributed by atoms with E-state index in [2.05, 4.69) is 16.3 Å². The lowest BCUT2D eigenvalue weighted by Gasteiger charge is -2.21. The first-order valence-corrected chi connectivity index (χ1v) is 10.6. The molecular formula is C22H23N5O2S. The highest BCUT2D eigenvalue weighted by molar-refractivity contribution is 7.99. The zero-order chi connectivity index (χ0) is 21.3. The number of nitrogens with zero attached hydrogens (tertiary/aromatic N) is 4. The van der Waals surface area contributed by atoms with Gasteiger partial charge in [0, 0.05) is 18.8 Å². The van der Waals surface area contributed by atoms with Gasteiger partial charge >= 0.3 is 5.69 Å². The van der Waals surface area contributed by atoms with Gasteiger partial charge in [0.25, 0.3) is 0 Å². The van der Waals surface area contributed by atoms with E-state index in [1.165, 1.54) is 11.8 Å². The molecule has 0 bridgehead atoms. The molecule has 0 fully saturated rings. The van der Waals surface area contributed by atoms with Crippen LogP contribution in [0.15, 0.2) is 64.5 Å². The highest BCUT2D eigenvalue weighted by atomic mass is 32.2. The van der Waals surface area contributed by atoms with Crippen molar-refractivity contribution in [1.29, 1.82) is 5.26 Å². The normalized spacial score (nSPS) is 10.5. The summed E-state index contributed by atoms with van der Waals surface area (Å²) in [6.45, 7) is 2.78. The highest BCUT2D eigenvalue weighted by Crippen LogP contribution is 2.20. The van der Waals surface area contributed by atoms with Crippen LogP contribution in [0.25, 0.3) is 0 Å². The van der Waals surface area contributed by atoms with Gasteiger partial charge in [-0.1, -0.05) is 59.8 Å². The maximum atomic E-state index is 12.9. The molecule has 0 unspecified atom stereocenters. The Hall–Kier alpha value is -3.31. The number of hydrogen-bond donors (Lipinski definition) is 1. The number of H-pyrrole nitrogens is 1. The third-order valence-electron chi connectivity index (χ3n) is 4.61. The molecule has 0 atom stereocenters. The van der Waals surface area contributed by atoms with Crippen molar-refractivity contribution in [2.45, 2.75) is 31.5 Å². The number of aromatic nitrogens is 3. The number of nitrogens with one attached hydrogen (secondary N) is 1. The van der Waals surface area contributed by atoms with Crippen molar-refractivity contribution in [2.75, 3.05) is 17.2 Å². The number of aromatic amines is 1. The second-order valence-electron chi connectivity index (χ2n) is 6.78. The van der Waals surface area contributed by atoms with Crippen molar-refractivity contribution >= 4 is 23.4 Å². The Morgan fingerprint density at radius 2 is 1.93 bits per heavy atom. The number of amides is 1. The van der Waals surface area contributed by atoms with Crippen LogP contribution in [-0.4, -0.2) is 33.0 Å². The van der Waals surface area contributed by atoms with Crippen molar-refractivity contribution in [3.05, 3.63) is 76.2 Å². The molecule has 30 heavy (non-hydrogen) atoms. The molecule has 0 aliphatic heterocycles. The third kappa shape index (κ3) is 5.61. The van der Waals surface area contributed by atoms with E-state index >= 15 is 0 Å². The topological polar surface area (TPSA) is 94.8 Å². The lowest BCUT2D eigenvalue weighted by molar-refractivity contribution is -0.116. The first kappa shape index (κ1) is 21.4. The van der Waals surface area contributed by atoms with E-state index in [1.54, 1.807) is 9.47 Å². The summed E-state index contributed by atoms with van der Waals surface area (Å²) in [5.41, 5.74) is 2.69. The van der Waals surface area contributed by atoms with Gasteiger partial charge in [-0.25, -0.2) is 9.89 Å². The summed E-state index contributed by atoms with van der Waals surface area (Å²) in [6.07, 6.45) is 0.938. The average Bonchev–Trinajstić information content (AvgIpc) is 3.12. The van der Waals surface area contributed by atoms with Gasteiger partial charge in [-0.15, -0.1) is 5.10 Å². The van der Waals surface area contributed by atoms with Crippen LogP contribution in [0.1, 0.15) is 17.5 Å². The van der Waals surface area contributed by atoms with Crippen molar-refractivity contribution in [1.82, 2.24) is 14.8 Å². The van der Waals surface area contributed by atoms with E-state index in [-0.39, 0.29) is 23.8 Å². The summed E-state index contributed by atoms with van der Waals surface area (Å²) in [4.78, 5) is 26.6. The van der Waals surface area contributed by atoms with Crippen LogP contribution >= 0.6 is 11.8 Å². The fourth-order valence-electron chi connectivity index (χ4n) is 2.98. The van der Waals surface area contributed by atoms with Gasteiger partial charge in [-0.05, 0) is 31.0 Å². The largest absolute Gasteiger partial charge is 0.343 e. The number of rotatable bonds is 9. The Morgan fingerprint density at radius 1 is 1.20 bits per heavy atom. The minimum absolute atomic E-state index is 0.120. The molecule has 0 saturated heterocycles. The van der Waals surface area contributed by atoms with E-state index < -0.39 is 0 Å². The number of anilines is 1.